The number of anilines is 1. The Hall–Kier alpha value is -2.29. The van der Waals surface area contributed by atoms with Crippen LogP contribution in [0, 0.1) is 0 Å². The number of hydrogen-bond donors (Lipinski definition) is 2. The van der Waals surface area contributed by atoms with Crippen molar-refractivity contribution in [1.29, 1.82) is 0 Å². The van der Waals surface area contributed by atoms with Crippen molar-refractivity contribution in [2.45, 2.75) is 10.9 Å². The molecule has 0 atom stereocenters. The van der Waals surface area contributed by atoms with E-state index in [1.807, 2.05) is 0 Å². The molecule has 3 heterocycles. The second-order valence-electron chi connectivity index (χ2n) is 3.28. The highest BCUT2D eigenvalue weighted by Gasteiger charge is 2.12. The molecule has 3 aromatic heterocycles. The number of rotatable bonds is 4. The Morgan fingerprint density at radius 1 is 1.39 bits per heavy atom. The van der Waals surface area contributed by atoms with Gasteiger partial charge < -0.3 is 14.7 Å². The first kappa shape index (κ1) is 10.8. The molecular weight excluding hydrogens is 256 g/mol. The number of hydrogen-bond acceptors (Lipinski definition) is 8. The van der Waals surface area contributed by atoms with E-state index in [4.69, 9.17) is 14.7 Å². The number of nitrogens with two attached hydrogens (primary N) is 1. The summed E-state index contributed by atoms with van der Waals surface area (Å²) in [5.41, 5.74) is 5.41. The van der Waals surface area contributed by atoms with E-state index in [2.05, 4.69) is 25.3 Å². The topological polar surface area (TPSA) is 120 Å². The molecule has 0 bridgehead atoms. The van der Waals surface area contributed by atoms with Gasteiger partial charge in [0.2, 0.25) is 11.1 Å². The van der Waals surface area contributed by atoms with Crippen molar-refractivity contribution in [2.24, 2.45) is 0 Å². The maximum atomic E-state index is 5.41. The lowest BCUT2D eigenvalue weighted by Crippen LogP contribution is -1.86. The fourth-order valence-corrected chi connectivity index (χ4v) is 1.91. The summed E-state index contributed by atoms with van der Waals surface area (Å²) >= 11 is 1.36. The first-order chi connectivity index (χ1) is 8.81. The van der Waals surface area contributed by atoms with E-state index in [-0.39, 0.29) is 5.95 Å². The highest BCUT2D eigenvalue weighted by Crippen LogP contribution is 2.21. The predicted octanol–water partition coefficient (Wildman–Crippen LogP) is 1.32. The number of furan rings is 1. The zero-order valence-corrected chi connectivity index (χ0v) is 9.85. The summed E-state index contributed by atoms with van der Waals surface area (Å²) in [4.78, 5) is 8.14. The highest BCUT2D eigenvalue weighted by atomic mass is 32.2. The van der Waals surface area contributed by atoms with Gasteiger partial charge in [-0.1, -0.05) is 16.9 Å². The lowest BCUT2D eigenvalue weighted by molar-refractivity contribution is 0.411. The molecule has 0 saturated carbocycles. The average Bonchev–Trinajstić information content (AvgIpc) is 3.07. The summed E-state index contributed by atoms with van der Waals surface area (Å²) in [6.07, 6.45) is 1.55. The fraction of sp³-hybridized carbons (Fsp3) is 0.111. The maximum Gasteiger partial charge on any atom is 0.293 e. The van der Waals surface area contributed by atoms with Crippen LogP contribution >= 0.6 is 11.8 Å². The Morgan fingerprint density at radius 3 is 3.06 bits per heavy atom. The molecule has 0 aromatic carbocycles. The Bertz CT molecular complexity index is 631. The Kier molecular flexibility index (Phi) is 2.73. The first-order valence-corrected chi connectivity index (χ1v) is 5.97. The van der Waals surface area contributed by atoms with Crippen LogP contribution in [0.2, 0.25) is 0 Å². The number of thioether (sulfide) groups is 1. The van der Waals surface area contributed by atoms with Crippen LogP contribution in [0.3, 0.4) is 0 Å². The Morgan fingerprint density at radius 2 is 2.33 bits per heavy atom. The molecule has 0 spiro atoms. The van der Waals surface area contributed by atoms with Gasteiger partial charge in [0.1, 0.15) is 0 Å². The van der Waals surface area contributed by atoms with Crippen LogP contribution in [0.15, 0.2) is 32.5 Å². The Labute approximate surface area is 105 Å². The average molecular weight is 264 g/mol. The minimum Gasteiger partial charge on any atom is -0.459 e. The van der Waals surface area contributed by atoms with E-state index in [1.54, 1.807) is 18.4 Å². The summed E-state index contributed by atoms with van der Waals surface area (Å²) < 4.78 is 10.2. The third kappa shape index (κ3) is 2.20. The minimum atomic E-state index is 0.280. The molecule has 0 aliphatic rings. The van der Waals surface area contributed by atoms with E-state index in [0.717, 1.165) is 0 Å². The van der Waals surface area contributed by atoms with Crippen molar-refractivity contribution in [3.05, 3.63) is 24.2 Å². The molecule has 0 fully saturated rings. The molecule has 0 radical (unpaired) electrons. The van der Waals surface area contributed by atoms with Crippen LogP contribution in [0.1, 0.15) is 5.82 Å². The van der Waals surface area contributed by atoms with Gasteiger partial charge in [0, 0.05) is 0 Å². The predicted molar refractivity (Wildman–Crippen MR) is 62.4 cm³/mol. The van der Waals surface area contributed by atoms with Crippen molar-refractivity contribution >= 4 is 17.7 Å². The second kappa shape index (κ2) is 4.53. The largest absolute Gasteiger partial charge is 0.459 e. The molecule has 9 heteroatoms. The molecule has 18 heavy (non-hydrogen) atoms. The SMILES string of the molecule is Nc1nc(SCc2noc(-c3ccco3)n2)n[nH]1. The fourth-order valence-electron chi connectivity index (χ4n) is 1.26. The van der Waals surface area contributed by atoms with Crippen LogP contribution in [0.25, 0.3) is 11.7 Å². The van der Waals surface area contributed by atoms with E-state index in [9.17, 15) is 0 Å². The van der Waals surface area contributed by atoms with Gasteiger partial charge in [-0.2, -0.15) is 9.97 Å². The zero-order chi connectivity index (χ0) is 12.4. The minimum absolute atomic E-state index is 0.280. The molecule has 0 unspecified atom stereocenters. The van der Waals surface area contributed by atoms with Crippen molar-refractivity contribution in [2.75, 3.05) is 5.73 Å². The van der Waals surface area contributed by atoms with Gasteiger partial charge in [-0.15, -0.1) is 5.10 Å². The van der Waals surface area contributed by atoms with Crippen molar-refractivity contribution in [3.8, 4) is 11.7 Å². The van der Waals surface area contributed by atoms with Gasteiger partial charge in [0.05, 0.1) is 12.0 Å². The molecule has 92 valence electrons. The van der Waals surface area contributed by atoms with Crippen molar-refractivity contribution < 1.29 is 8.94 Å². The van der Waals surface area contributed by atoms with Gasteiger partial charge in [0.15, 0.2) is 11.6 Å². The second-order valence-corrected chi connectivity index (χ2v) is 4.23. The normalized spacial score (nSPS) is 10.9. The molecule has 3 rings (SSSR count). The number of nitrogens with zero attached hydrogens (tertiary/aromatic N) is 4. The quantitative estimate of drug-likeness (QED) is 0.677. The smallest absolute Gasteiger partial charge is 0.293 e. The number of nitrogens with one attached hydrogen (secondary N) is 1. The van der Waals surface area contributed by atoms with Gasteiger partial charge >= 0.3 is 0 Å². The molecular formula is C9H8N6O2S. The van der Waals surface area contributed by atoms with Gasteiger partial charge in [-0.05, 0) is 12.1 Å². The van der Waals surface area contributed by atoms with Crippen LogP contribution in [-0.4, -0.2) is 25.3 Å². The van der Waals surface area contributed by atoms with Crippen LogP contribution < -0.4 is 5.73 Å². The summed E-state index contributed by atoms with van der Waals surface area (Å²) in [6.45, 7) is 0. The van der Waals surface area contributed by atoms with Crippen LogP contribution in [0.5, 0.6) is 0 Å². The molecule has 3 N–H and O–H groups in total. The van der Waals surface area contributed by atoms with E-state index < -0.39 is 0 Å². The highest BCUT2D eigenvalue weighted by molar-refractivity contribution is 7.98. The van der Waals surface area contributed by atoms with E-state index in [0.29, 0.717) is 28.4 Å². The number of H-pyrrole nitrogens is 1. The maximum absolute atomic E-state index is 5.41. The standard InChI is InChI=1S/C9H8N6O2S/c10-8-12-9(14-13-8)18-4-6-11-7(17-15-6)5-2-1-3-16-5/h1-3H,4H2,(H3,10,12,13,14). The summed E-state index contributed by atoms with van der Waals surface area (Å²) in [7, 11) is 0. The van der Waals surface area contributed by atoms with Crippen molar-refractivity contribution in [3.63, 3.8) is 0 Å². The third-order valence-corrected chi connectivity index (χ3v) is 2.86. The van der Waals surface area contributed by atoms with Gasteiger partial charge in [-0.3, -0.25) is 0 Å². The summed E-state index contributed by atoms with van der Waals surface area (Å²) in [6, 6.07) is 3.50. The number of aromatic amines is 1. The number of aromatic nitrogens is 5. The van der Waals surface area contributed by atoms with Gasteiger partial charge in [0.25, 0.3) is 5.89 Å². The Balaban J connectivity index is 1.67. The van der Waals surface area contributed by atoms with E-state index in [1.165, 1.54) is 11.8 Å². The summed E-state index contributed by atoms with van der Waals surface area (Å²) in [5.74, 6) is 2.20. The lowest BCUT2D eigenvalue weighted by atomic mass is 10.4. The van der Waals surface area contributed by atoms with E-state index >= 15 is 0 Å². The molecule has 0 saturated heterocycles. The zero-order valence-electron chi connectivity index (χ0n) is 9.03. The molecule has 3 aromatic rings. The lowest BCUT2D eigenvalue weighted by Gasteiger charge is -1.88. The van der Waals surface area contributed by atoms with Crippen LogP contribution in [-0.2, 0) is 5.75 Å². The first-order valence-electron chi connectivity index (χ1n) is 4.98. The van der Waals surface area contributed by atoms with Gasteiger partial charge in [-0.25, -0.2) is 5.10 Å². The summed E-state index contributed by atoms with van der Waals surface area (Å²) in [5, 5.41) is 10.8. The number of nitrogen functional groups attached to an aromatic ring is 1. The van der Waals surface area contributed by atoms with Crippen LogP contribution in [0.4, 0.5) is 5.95 Å². The van der Waals surface area contributed by atoms with Crippen molar-refractivity contribution in [1.82, 2.24) is 25.3 Å². The molecule has 0 aliphatic carbocycles. The molecule has 0 amide bonds. The molecule has 8 nitrogen and oxygen atoms in total. The third-order valence-electron chi connectivity index (χ3n) is 2.01. The molecule has 0 aliphatic heterocycles. The monoisotopic (exact) mass is 264 g/mol.